The number of rotatable bonds is 4. The van der Waals surface area contributed by atoms with Crippen molar-refractivity contribution in [2.24, 2.45) is 0 Å². The van der Waals surface area contributed by atoms with Gasteiger partial charge in [-0.05, 0) is 24.3 Å². The van der Waals surface area contributed by atoms with Crippen LogP contribution in [0.3, 0.4) is 0 Å². The van der Waals surface area contributed by atoms with Crippen molar-refractivity contribution in [1.29, 1.82) is 0 Å². The Bertz CT molecular complexity index is 1230. The fourth-order valence-corrected chi connectivity index (χ4v) is 5.10. The lowest BCUT2D eigenvalue weighted by molar-refractivity contribution is 0.382. The summed E-state index contributed by atoms with van der Waals surface area (Å²) in [6, 6.07) is 14.2. The SMILES string of the molecule is O=c1c(Cl)c(N2CCN(S(=O)(=O)c3ccccc3F)CC2)cnn1-c1ccccc1. The van der Waals surface area contributed by atoms with Crippen molar-refractivity contribution < 1.29 is 12.8 Å². The molecule has 7 nitrogen and oxygen atoms in total. The van der Waals surface area contributed by atoms with Gasteiger partial charge in [-0.1, -0.05) is 41.9 Å². The molecule has 0 unspecified atom stereocenters. The van der Waals surface area contributed by atoms with E-state index in [0.29, 0.717) is 24.5 Å². The van der Waals surface area contributed by atoms with E-state index < -0.39 is 21.4 Å². The number of aromatic nitrogens is 2. The monoisotopic (exact) mass is 448 g/mol. The molecule has 10 heteroatoms. The molecule has 0 radical (unpaired) electrons. The third-order valence-electron chi connectivity index (χ3n) is 4.94. The number of hydrogen-bond donors (Lipinski definition) is 0. The van der Waals surface area contributed by atoms with Gasteiger partial charge < -0.3 is 4.90 Å². The number of hydrogen-bond acceptors (Lipinski definition) is 5. The van der Waals surface area contributed by atoms with Crippen molar-refractivity contribution in [2.45, 2.75) is 4.90 Å². The van der Waals surface area contributed by atoms with Crippen molar-refractivity contribution in [3.05, 3.63) is 82.0 Å². The molecule has 0 saturated carbocycles. The first-order chi connectivity index (χ1) is 14.4. The van der Waals surface area contributed by atoms with Crippen molar-refractivity contribution in [3.63, 3.8) is 0 Å². The Morgan fingerprint density at radius 2 is 1.57 bits per heavy atom. The van der Waals surface area contributed by atoms with E-state index in [2.05, 4.69) is 5.10 Å². The number of benzene rings is 2. The number of halogens is 2. The van der Waals surface area contributed by atoms with Crippen molar-refractivity contribution in [1.82, 2.24) is 14.1 Å². The van der Waals surface area contributed by atoms with E-state index >= 15 is 0 Å². The van der Waals surface area contributed by atoms with Gasteiger partial charge in [0.15, 0.2) is 0 Å². The van der Waals surface area contributed by atoms with Gasteiger partial charge in [0.1, 0.15) is 15.7 Å². The van der Waals surface area contributed by atoms with Crippen LogP contribution in [0, 0.1) is 5.82 Å². The minimum atomic E-state index is -3.94. The highest BCUT2D eigenvalue weighted by atomic mass is 35.5. The molecule has 2 heterocycles. The van der Waals surface area contributed by atoms with Crippen LogP contribution in [0.25, 0.3) is 5.69 Å². The third kappa shape index (κ3) is 3.71. The molecular weight excluding hydrogens is 431 g/mol. The standard InChI is InChI=1S/C20H18ClFN4O3S/c21-19-17(14-23-26(20(19)27)15-6-2-1-3-7-15)24-10-12-25(13-11-24)30(28,29)18-9-5-4-8-16(18)22/h1-9,14H,10-13H2. The second kappa shape index (κ2) is 8.17. The molecule has 1 fully saturated rings. The highest BCUT2D eigenvalue weighted by Gasteiger charge is 2.31. The molecule has 2 aromatic carbocycles. The maximum Gasteiger partial charge on any atom is 0.292 e. The van der Waals surface area contributed by atoms with E-state index in [4.69, 9.17) is 11.6 Å². The molecule has 4 rings (SSSR count). The van der Waals surface area contributed by atoms with E-state index in [9.17, 15) is 17.6 Å². The van der Waals surface area contributed by atoms with Crippen LogP contribution >= 0.6 is 11.6 Å². The molecule has 0 N–H and O–H groups in total. The van der Waals surface area contributed by atoms with Gasteiger partial charge in [0.2, 0.25) is 10.0 Å². The number of anilines is 1. The lowest BCUT2D eigenvalue weighted by atomic mass is 10.3. The fourth-order valence-electron chi connectivity index (χ4n) is 3.36. The van der Waals surface area contributed by atoms with Gasteiger partial charge in [-0.25, -0.2) is 12.8 Å². The predicted octanol–water partition coefficient (Wildman–Crippen LogP) is 2.54. The van der Waals surface area contributed by atoms with E-state index in [0.717, 1.165) is 6.07 Å². The molecule has 1 aliphatic heterocycles. The predicted molar refractivity (Wildman–Crippen MR) is 112 cm³/mol. The van der Waals surface area contributed by atoms with Crippen molar-refractivity contribution in [3.8, 4) is 5.69 Å². The second-order valence-electron chi connectivity index (χ2n) is 6.72. The van der Waals surface area contributed by atoms with E-state index in [-0.39, 0.29) is 23.0 Å². The largest absolute Gasteiger partial charge is 0.366 e. The molecule has 0 bridgehead atoms. The molecule has 30 heavy (non-hydrogen) atoms. The number of piperazine rings is 1. The lowest BCUT2D eigenvalue weighted by Crippen LogP contribution is -2.49. The van der Waals surface area contributed by atoms with Crippen LogP contribution in [0.4, 0.5) is 10.1 Å². The highest BCUT2D eigenvalue weighted by Crippen LogP contribution is 2.25. The maximum atomic E-state index is 14.0. The lowest BCUT2D eigenvalue weighted by Gasteiger charge is -2.35. The number of sulfonamides is 1. The summed E-state index contributed by atoms with van der Waals surface area (Å²) in [6.07, 6.45) is 1.50. The van der Waals surface area contributed by atoms with Gasteiger partial charge in [-0.15, -0.1) is 0 Å². The summed E-state index contributed by atoms with van der Waals surface area (Å²) in [5, 5.41) is 4.22. The van der Waals surface area contributed by atoms with Crippen LogP contribution in [0.15, 0.2) is 70.5 Å². The average molecular weight is 449 g/mol. The van der Waals surface area contributed by atoms with Gasteiger partial charge in [0, 0.05) is 26.2 Å². The van der Waals surface area contributed by atoms with Crippen LogP contribution in [-0.2, 0) is 10.0 Å². The Kier molecular flexibility index (Phi) is 5.59. The van der Waals surface area contributed by atoms with Crippen molar-refractivity contribution in [2.75, 3.05) is 31.1 Å². The molecule has 0 aliphatic carbocycles. The van der Waals surface area contributed by atoms with Crippen LogP contribution in [-0.4, -0.2) is 48.7 Å². The summed E-state index contributed by atoms with van der Waals surface area (Å²) in [6.45, 7) is 0.858. The zero-order valence-electron chi connectivity index (χ0n) is 15.8. The fraction of sp³-hybridized carbons (Fsp3) is 0.200. The minimum Gasteiger partial charge on any atom is -0.366 e. The Balaban J connectivity index is 1.54. The Morgan fingerprint density at radius 3 is 2.23 bits per heavy atom. The van der Waals surface area contributed by atoms with Gasteiger partial charge in [0.05, 0.1) is 17.6 Å². The van der Waals surface area contributed by atoms with Gasteiger partial charge in [-0.3, -0.25) is 4.79 Å². The number of nitrogens with zero attached hydrogens (tertiary/aromatic N) is 4. The molecule has 1 saturated heterocycles. The summed E-state index contributed by atoms with van der Waals surface area (Å²) in [5.74, 6) is -0.781. The Hall–Kier alpha value is -2.75. The number of para-hydroxylation sites is 1. The summed E-state index contributed by atoms with van der Waals surface area (Å²) >= 11 is 6.33. The second-order valence-corrected chi connectivity index (χ2v) is 9.00. The first kappa shape index (κ1) is 20.5. The van der Waals surface area contributed by atoms with Crippen molar-refractivity contribution >= 4 is 27.3 Å². The zero-order chi connectivity index (χ0) is 21.3. The van der Waals surface area contributed by atoms with E-state index in [1.807, 2.05) is 6.07 Å². The molecule has 0 spiro atoms. The first-order valence-electron chi connectivity index (χ1n) is 9.22. The molecule has 0 amide bonds. The Labute approximate surface area is 178 Å². The van der Waals surface area contributed by atoms with Gasteiger partial charge >= 0.3 is 0 Å². The molecule has 0 atom stereocenters. The highest BCUT2D eigenvalue weighted by molar-refractivity contribution is 7.89. The molecule has 3 aromatic rings. The van der Waals surface area contributed by atoms with Crippen LogP contribution in [0.2, 0.25) is 5.02 Å². The Morgan fingerprint density at radius 1 is 0.933 bits per heavy atom. The van der Waals surface area contributed by atoms with Crippen LogP contribution in [0.5, 0.6) is 0 Å². The van der Waals surface area contributed by atoms with Gasteiger partial charge in [-0.2, -0.15) is 14.1 Å². The van der Waals surface area contributed by atoms with Gasteiger partial charge in [0.25, 0.3) is 5.56 Å². The van der Waals surface area contributed by atoms with Crippen LogP contribution in [0.1, 0.15) is 0 Å². The quantitative estimate of drug-likeness (QED) is 0.613. The molecular formula is C20H18ClFN4O3S. The smallest absolute Gasteiger partial charge is 0.292 e. The maximum absolute atomic E-state index is 14.0. The van der Waals surface area contributed by atoms with Crippen LogP contribution < -0.4 is 10.5 Å². The summed E-state index contributed by atoms with van der Waals surface area (Å²) in [5.41, 5.74) is 0.579. The minimum absolute atomic E-state index is 0.0132. The summed E-state index contributed by atoms with van der Waals surface area (Å²) < 4.78 is 41.9. The summed E-state index contributed by atoms with van der Waals surface area (Å²) in [4.78, 5) is 14.1. The molecule has 1 aromatic heterocycles. The first-order valence-corrected chi connectivity index (χ1v) is 11.0. The third-order valence-corrected chi connectivity index (χ3v) is 7.22. The van der Waals surface area contributed by atoms with E-state index in [1.54, 1.807) is 29.2 Å². The normalized spacial score (nSPS) is 15.3. The molecule has 1 aliphatic rings. The summed E-state index contributed by atoms with van der Waals surface area (Å²) in [7, 11) is -3.94. The molecule has 156 valence electrons. The average Bonchev–Trinajstić information content (AvgIpc) is 2.76. The topological polar surface area (TPSA) is 75.5 Å². The zero-order valence-corrected chi connectivity index (χ0v) is 17.4. The van der Waals surface area contributed by atoms with E-state index in [1.165, 1.54) is 33.4 Å².